The lowest BCUT2D eigenvalue weighted by Gasteiger charge is -2.48. The van der Waals surface area contributed by atoms with Crippen molar-refractivity contribution in [3.8, 4) is 0 Å². The van der Waals surface area contributed by atoms with Crippen LogP contribution in [0.1, 0.15) is 64.0 Å². The highest BCUT2D eigenvalue weighted by molar-refractivity contribution is 5.77. The summed E-state index contributed by atoms with van der Waals surface area (Å²) in [6, 6.07) is 11.1. The second-order valence-corrected chi connectivity index (χ2v) is 8.98. The molecule has 2 heterocycles. The lowest BCUT2D eigenvalue weighted by Crippen LogP contribution is -2.62. The molecule has 0 bridgehead atoms. The van der Waals surface area contributed by atoms with E-state index in [9.17, 15) is 9.59 Å². The summed E-state index contributed by atoms with van der Waals surface area (Å²) in [4.78, 5) is 29.4. The second-order valence-electron chi connectivity index (χ2n) is 8.98. The van der Waals surface area contributed by atoms with Crippen molar-refractivity contribution in [2.24, 2.45) is 5.92 Å². The zero-order chi connectivity index (χ0) is 19.7. The Morgan fingerprint density at radius 1 is 1.07 bits per heavy atom. The largest absolute Gasteiger partial charge is 0.349 e. The zero-order valence-electron chi connectivity index (χ0n) is 17.2. The van der Waals surface area contributed by atoms with Crippen LogP contribution >= 0.6 is 0 Å². The summed E-state index contributed by atoms with van der Waals surface area (Å²) in [5.41, 5.74) is 0.865. The Hall–Kier alpha value is -1.88. The first kappa shape index (κ1) is 19.4. The topological polar surface area (TPSA) is 52.7 Å². The number of carbonyl (C=O) groups is 2. The smallest absolute Gasteiger partial charge is 0.220 e. The number of nitrogens with one attached hydrogen (secondary N) is 1. The van der Waals surface area contributed by atoms with E-state index in [1.54, 1.807) is 13.8 Å². The molecular formula is C23H33N3O2. The van der Waals surface area contributed by atoms with Crippen LogP contribution < -0.4 is 5.32 Å². The number of nitrogens with zero attached hydrogens (tertiary/aromatic N) is 2. The van der Waals surface area contributed by atoms with Gasteiger partial charge in [0, 0.05) is 45.4 Å². The van der Waals surface area contributed by atoms with Gasteiger partial charge in [0.1, 0.15) is 0 Å². The number of piperidine rings is 1. The molecule has 2 amide bonds. The van der Waals surface area contributed by atoms with Gasteiger partial charge in [-0.2, -0.15) is 0 Å². The fraction of sp³-hybridized carbons (Fsp3) is 0.652. The predicted octanol–water partition coefficient (Wildman–Crippen LogP) is 3.12. The van der Waals surface area contributed by atoms with E-state index < -0.39 is 0 Å². The van der Waals surface area contributed by atoms with Gasteiger partial charge in [0.05, 0.1) is 11.6 Å². The van der Waals surface area contributed by atoms with Crippen LogP contribution in [0.3, 0.4) is 0 Å². The maximum Gasteiger partial charge on any atom is 0.220 e. The van der Waals surface area contributed by atoms with Gasteiger partial charge in [0.15, 0.2) is 0 Å². The van der Waals surface area contributed by atoms with Gasteiger partial charge in [-0.3, -0.25) is 14.5 Å². The highest BCUT2D eigenvalue weighted by Crippen LogP contribution is 2.48. The van der Waals surface area contributed by atoms with E-state index in [0.29, 0.717) is 12.6 Å². The lowest BCUT2D eigenvalue weighted by atomic mass is 9.74. The van der Waals surface area contributed by atoms with E-state index in [0.717, 1.165) is 19.5 Å². The Bertz CT molecular complexity index is 716. The number of fused-ring (bicyclic) bond motifs is 1. The number of carbonyl (C=O) groups excluding carboxylic acids is 2. The summed E-state index contributed by atoms with van der Waals surface area (Å²) in [6.07, 6.45) is 7.49. The van der Waals surface area contributed by atoms with E-state index in [4.69, 9.17) is 0 Å². The number of amides is 2. The minimum absolute atomic E-state index is 0.00771. The fourth-order valence-electron chi connectivity index (χ4n) is 5.96. The van der Waals surface area contributed by atoms with Crippen molar-refractivity contribution >= 4 is 11.8 Å². The lowest BCUT2D eigenvalue weighted by molar-refractivity contribution is -0.130. The molecule has 0 aromatic heterocycles. The van der Waals surface area contributed by atoms with Gasteiger partial charge in [0.25, 0.3) is 0 Å². The SMILES string of the molecule is CC(=O)N[C@@]12CCN(C3CCCCC3)C[C@@H]1[C@@H](c1ccccc1)N(C(C)=O)C2. The molecule has 152 valence electrons. The van der Waals surface area contributed by atoms with Gasteiger partial charge < -0.3 is 10.2 Å². The van der Waals surface area contributed by atoms with E-state index in [2.05, 4.69) is 22.3 Å². The molecule has 0 spiro atoms. The Balaban J connectivity index is 1.69. The van der Waals surface area contributed by atoms with E-state index >= 15 is 0 Å². The van der Waals surface area contributed by atoms with Gasteiger partial charge in [-0.1, -0.05) is 49.6 Å². The number of rotatable bonds is 3. The normalized spacial score (nSPS) is 31.4. The minimum atomic E-state index is -0.316. The number of hydrogen-bond donors (Lipinski definition) is 1. The predicted molar refractivity (Wildman–Crippen MR) is 110 cm³/mol. The first-order valence-corrected chi connectivity index (χ1v) is 10.9. The maximum absolute atomic E-state index is 12.6. The molecule has 0 unspecified atom stereocenters. The van der Waals surface area contributed by atoms with E-state index in [1.807, 2.05) is 23.1 Å². The summed E-state index contributed by atoms with van der Waals surface area (Å²) in [7, 11) is 0. The van der Waals surface area contributed by atoms with Gasteiger partial charge in [-0.05, 0) is 24.8 Å². The maximum atomic E-state index is 12.6. The van der Waals surface area contributed by atoms with Crippen molar-refractivity contribution < 1.29 is 9.59 Å². The fourth-order valence-corrected chi connectivity index (χ4v) is 5.96. The minimum Gasteiger partial charge on any atom is -0.349 e. The monoisotopic (exact) mass is 383 g/mol. The standard InChI is InChI=1S/C23H33N3O2/c1-17(27)24-23-13-14-25(20-11-7-4-8-12-20)15-21(23)22(26(16-23)18(2)28)19-9-5-3-6-10-19/h3,5-6,9-10,20-22H,4,7-8,11-16H2,1-2H3,(H,24,27)/t21-,22-,23-/m1/s1. The van der Waals surface area contributed by atoms with Crippen molar-refractivity contribution in [1.82, 2.24) is 15.1 Å². The van der Waals surface area contributed by atoms with Crippen LogP contribution in [0.4, 0.5) is 0 Å². The third kappa shape index (κ3) is 3.57. The molecular weight excluding hydrogens is 350 g/mol. The number of hydrogen-bond acceptors (Lipinski definition) is 3. The summed E-state index contributed by atoms with van der Waals surface area (Å²) < 4.78 is 0. The number of benzene rings is 1. The van der Waals surface area contributed by atoms with Crippen molar-refractivity contribution in [3.63, 3.8) is 0 Å². The van der Waals surface area contributed by atoms with Gasteiger partial charge in [-0.25, -0.2) is 0 Å². The average molecular weight is 384 g/mol. The summed E-state index contributed by atoms with van der Waals surface area (Å²) >= 11 is 0. The van der Waals surface area contributed by atoms with Crippen LogP contribution in [-0.2, 0) is 9.59 Å². The summed E-state index contributed by atoms with van der Waals surface area (Å²) in [5.74, 6) is 0.323. The molecule has 1 saturated carbocycles. The van der Waals surface area contributed by atoms with Gasteiger partial charge in [0.2, 0.25) is 11.8 Å². The molecule has 2 aliphatic heterocycles. The Labute approximate surface area is 168 Å². The Kier molecular flexibility index (Phi) is 5.46. The van der Waals surface area contributed by atoms with Crippen molar-refractivity contribution in [3.05, 3.63) is 35.9 Å². The van der Waals surface area contributed by atoms with Crippen LogP contribution in [0.5, 0.6) is 0 Å². The van der Waals surface area contributed by atoms with Crippen LogP contribution in [0, 0.1) is 5.92 Å². The highest BCUT2D eigenvalue weighted by Gasteiger charge is 2.56. The van der Waals surface area contributed by atoms with Crippen LogP contribution in [0.25, 0.3) is 0 Å². The molecule has 4 rings (SSSR count). The molecule has 3 aliphatic rings. The molecule has 3 atom stereocenters. The third-order valence-corrected chi connectivity index (χ3v) is 7.22. The third-order valence-electron chi connectivity index (χ3n) is 7.22. The quantitative estimate of drug-likeness (QED) is 0.873. The molecule has 1 aromatic carbocycles. The molecule has 28 heavy (non-hydrogen) atoms. The Morgan fingerprint density at radius 3 is 2.43 bits per heavy atom. The summed E-state index contributed by atoms with van der Waals surface area (Å²) in [6.45, 7) is 5.84. The molecule has 5 nitrogen and oxygen atoms in total. The zero-order valence-corrected chi connectivity index (χ0v) is 17.2. The average Bonchev–Trinajstić information content (AvgIpc) is 3.03. The molecule has 3 fully saturated rings. The van der Waals surface area contributed by atoms with Crippen LogP contribution in [0.2, 0.25) is 0 Å². The Morgan fingerprint density at radius 2 is 1.79 bits per heavy atom. The van der Waals surface area contributed by atoms with Gasteiger partial charge >= 0.3 is 0 Å². The summed E-state index contributed by atoms with van der Waals surface area (Å²) in [5, 5.41) is 3.31. The van der Waals surface area contributed by atoms with Crippen LogP contribution in [0.15, 0.2) is 30.3 Å². The van der Waals surface area contributed by atoms with Crippen molar-refractivity contribution in [1.29, 1.82) is 0 Å². The van der Waals surface area contributed by atoms with Gasteiger partial charge in [-0.15, -0.1) is 0 Å². The molecule has 0 radical (unpaired) electrons. The molecule has 5 heteroatoms. The molecule has 1 N–H and O–H groups in total. The molecule has 2 saturated heterocycles. The van der Waals surface area contributed by atoms with E-state index in [1.165, 1.54) is 37.7 Å². The van der Waals surface area contributed by atoms with Crippen molar-refractivity contribution in [2.45, 2.75) is 70.0 Å². The highest BCUT2D eigenvalue weighted by atomic mass is 16.2. The van der Waals surface area contributed by atoms with Crippen LogP contribution in [-0.4, -0.2) is 52.8 Å². The first-order chi connectivity index (χ1) is 13.5. The second kappa shape index (κ2) is 7.86. The molecule has 1 aromatic rings. The first-order valence-electron chi connectivity index (χ1n) is 10.9. The molecule has 1 aliphatic carbocycles. The van der Waals surface area contributed by atoms with E-state index in [-0.39, 0.29) is 29.3 Å². The number of likely N-dealkylation sites (tertiary alicyclic amines) is 2. The van der Waals surface area contributed by atoms with Crippen molar-refractivity contribution in [2.75, 3.05) is 19.6 Å².